The first kappa shape index (κ1) is 15.8. The summed E-state index contributed by atoms with van der Waals surface area (Å²) in [7, 11) is 0. The second-order valence-electron chi connectivity index (χ2n) is 7.17. The Hall–Kier alpha value is -0.590. The minimum Gasteiger partial charge on any atom is -0.299 e. The largest absolute Gasteiger partial charge is 0.299 e. The summed E-state index contributed by atoms with van der Waals surface area (Å²) in [6.07, 6.45) is 8.38. The van der Waals surface area contributed by atoms with E-state index >= 15 is 0 Å². The molecule has 2 unspecified atom stereocenters. The summed E-state index contributed by atoms with van der Waals surface area (Å²) in [5.41, 5.74) is -0.244. The zero-order valence-electron chi connectivity index (χ0n) is 13.5. The van der Waals surface area contributed by atoms with Gasteiger partial charge in [0, 0.05) is 12.1 Å². The molecule has 0 heterocycles. The van der Waals surface area contributed by atoms with E-state index in [1.807, 2.05) is 0 Å². The van der Waals surface area contributed by atoms with Gasteiger partial charge in [0.05, 0.1) is 6.07 Å². The van der Waals surface area contributed by atoms with Crippen molar-refractivity contribution >= 4 is 0 Å². The molecule has 3 heteroatoms. The number of rotatable bonds is 8. The van der Waals surface area contributed by atoms with Crippen LogP contribution in [0, 0.1) is 17.2 Å². The van der Waals surface area contributed by atoms with Crippen molar-refractivity contribution in [3.63, 3.8) is 0 Å². The van der Waals surface area contributed by atoms with E-state index < -0.39 is 0 Å². The first-order chi connectivity index (χ1) is 9.60. The average Bonchev–Trinajstić information content (AvgIpc) is 3.17. The number of nitrogens with zero attached hydrogens (tertiary/aromatic N) is 2. The number of hydrogen-bond acceptors (Lipinski definition) is 3. The normalized spacial score (nSPS) is 30.1. The maximum Gasteiger partial charge on any atom is 0.108 e. The summed E-state index contributed by atoms with van der Waals surface area (Å²) in [6.45, 7) is 8.98. The van der Waals surface area contributed by atoms with Crippen molar-refractivity contribution in [2.45, 2.75) is 83.3 Å². The van der Waals surface area contributed by atoms with E-state index in [0.717, 1.165) is 37.8 Å². The van der Waals surface area contributed by atoms with Crippen LogP contribution in [0.3, 0.4) is 0 Å². The van der Waals surface area contributed by atoms with Gasteiger partial charge in [-0.2, -0.15) is 5.26 Å². The predicted molar refractivity (Wildman–Crippen MR) is 83.5 cm³/mol. The highest BCUT2D eigenvalue weighted by molar-refractivity contribution is 5.14. The Balaban J connectivity index is 1.92. The van der Waals surface area contributed by atoms with E-state index in [0.29, 0.717) is 6.04 Å². The average molecular weight is 277 g/mol. The zero-order valence-corrected chi connectivity index (χ0v) is 13.5. The van der Waals surface area contributed by atoms with Gasteiger partial charge in [-0.3, -0.25) is 10.2 Å². The minimum absolute atomic E-state index is 0.244. The van der Waals surface area contributed by atoms with Crippen LogP contribution in [0.4, 0.5) is 0 Å². The Bertz CT molecular complexity index is 343. The van der Waals surface area contributed by atoms with Gasteiger partial charge in [0.1, 0.15) is 5.54 Å². The molecule has 0 aliphatic heterocycles. The highest BCUT2D eigenvalue weighted by Crippen LogP contribution is 2.38. The Morgan fingerprint density at radius 3 is 2.60 bits per heavy atom. The highest BCUT2D eigenvalue weighted by Gasteiger charge is 2.44. The van der Waals surface area contributed by atoms with Crippen molar-refractivity contribution in [1.82, 2.24) is 10.2 Å². The van der Waals surface area contributed by atoms with Gasteiger partial charge in [-0.25, -0.2) is 0 Å². The van der Waals surface area contributed by atoms with Gasteiger partial charge in [0.25, 0.3) is 0 Å². The molecule has 3 nitrogen and oxygen atoms in total. The second-order valence-corrected chi connectivity index (χ2v) is 7.17. The summed E-state index contributed by atoms with van der Waals surface area (Å²) in [5, 5.41) is 13.1. The van der Waals surface area contributed by atoms with Gasteiger partial charge >= 0.3 is 0 Å². The Morgan fingerprint density at radius 2 is 2.05 bits per heavy atom. The highest BCUT2D eigenvalue weighted by atomic mass is 15.2. The molecule has 1 N–H and O–H groups in total. The second kappa shape index (κ2) is 6.91. The smallest absolute Gasteiger partial charge is 0.108 e. The predicted octanol–water partition coefficient (Wildman–Crippen LogP) is 3.31. The molecule has 2 fully saturated rings. The molecule has 0 aromatic rings. The van der Waals surface area contributed by atoms with Gasteiger partial charge in [-0.05, 0) is 64.0 Å². The van der Waals surface area contributed by atoms with Crippen LogP contribution in [0.1, 0.15) is 65.7 Å². The molecule has 0 bridgehead atoms. The lowest BCUT2D eigenvalue weighted by Crippen LogP contribution is -2.45. The fourth-order valence-corrected chi connectivity index (χ4v) is 3.45. The number of hydrogen-bond donors (Lipinski definition) is 1. The van der Waals surface area contributed by atoms with Crippen LogP contribution in [0.15, 0.2) is 0 Å². The van der Waals surface area contributed by atoms with E-state index in [1.54, 1.807) is 0 Å². The fraction of sp³-hybridized carbons (Fsp3) is 0.941. The van der Waals surface area contributed by atoms with Gasteiger partial charge in [-0.15, -0.1) is 0 Å². The van der Waals surface area contributed by atoms with Crippen LogP contribution in [-0.4, -0.2) is 35.6 Å². The first-order valence-electron chi connectivity index (χ1n) is 8.52. The van der Waals surface area contributed by atoms with Gasteiger partial charge < -0.3 is 0 Å². The molecule has 2 rings (SSSR count). The Labute approximate surface area is 124 Å². The van der Waals surface area contributed by atoms with Crippen molar-refractivity contribution < 1.29 is 0 Å². The lowest BCUT2D eigenvalue weighted by atomic mass is 9.99. The van der Waals surface area contributed by atoms with E-state index in [4.69, 9.17) is 0 Å². The van der Waals surface area contributed by atoms with E-state index in [2.05, 4.69) is 37.1 Å². The Morgan fingerprint density at radius 1 is 1.30 bits per heavy atom. The van der Waals surface area contributed by atoms with Crippen molar-refractivity contribution in [3.8, 4) is 6.07 Å². The van der Waals surface area contributed by atoms with E-state index in [-0.39, 0.29) is 5.54 Å². The summed E-state index contributed by atoms with van der Waals surface area (Å²) < 4.78 is 0. The van der Waals surface area contributed by atoms with Crippen LogP contribution < -0.4 is 5.32 Å². The minimum atomic E-state index is -0.244. The van der Waals surface area contributed by atoms with E-state index in [1.165, 1.54) is 32.2 Å². The topological polar surface area (TPSA) is 39.1 Å². The number of nitrogens with one attached hydrogen (secondary N) is 1. The summed E-state index contributed by atoms with van der Waals surface area (Å²) in [4.78, 5) is 2.73. The van der Waals surface area contributed by atoms with Crippen molar-refractivity contribution in [2.75, 3.05) is 13.1 Å². The summed E-state index contributed by atoms with van der Waals surface area (Å²) in [6, 6.07) is 4.03. The quantitative estimate of drug-likeness (QED) is 0.740. The fourth-order valence-electron chi connectivity index (χ4n) is 3.45. The van der Waals surface area contributed by atoms with Crippen LogP contribution in [0.5, 0.6) is 0 Å². The Kier molecular flexibility index (Phi) is 5.46. The number of nitriles is 1. The van der Waals surface area contributed by atoms with Crippen LogP contribution in [0.25, 0.3) is 0 Å². The third-order valence-corrected chi connectivity index (χ3v) is 4.87. The lowest BCUT2D eigenvalue weighted by Gasteiger charge is -2.31. The molecular weight excluding hydrogens is 246 g/mol. The van der Waals surface area contributed by atoms with Gasteiger partial charge in [0.2, 0.25) is 0 Å². The zero-order chi connectivity index (χ0) is 14.6. The molecule has 2 atom stereocenters. The molecule has 2 saturated carbocycles. The van der Waals surface area contributed by atoms with Crippen LogP contribution in [0.2, 0.25) is 0 Å². The monoisotopic (exact) mass is 277 g/mol. The summed E-state index contributed by atoms with van der Waals surface area (Å²) in [5.74, 6) is 0.775. The molecule has 114 valence electrons. The molecule has 0 aromatic heterocycles. The summed E-state index contributed by atoms with van der Waals surface area (Å²) >= 11 is 0. The standard InChI is InChI=1S/C17H31N3/c1-4-10-19-17(13-18)9-7-16(12-17)20(15-5-6-15)11-8-14(2)3/h14-16,19H,4-12H2,1-3H3. The third kappa shape index (κ3) is 3.96. The van der Waals surface area contributed by atoms with Crippen LogP contribution >= 0.6 is 0 Å². The lowest BCUT2D eigenvalue weighted by molar-refractivity contribution is 0.173. The third-order valence-electron chi connectivity index (χ3n) is 4.87. The maximum absolute atomic E-state index is 9.58. The molecule has 0 aromatic carbocycles. The molecule has 20 heavy (non-hydrogen) atoms. The molecule has 2 aliphatic carbocycles. The van der Waals surface area contributed by atoms with Crippen molar-refractivity contribution in [3.05, 3.63) is 0 Å². The molecule has 0 spiro atoms. The van der Waals surface area contributed by atoms with E-state index in [9.17, 15) is 5.26 Å². The molecule has 0 amide bonds. The van der Waals surface area contributed by atoms with Crippen LogP contribution in [-0.2, 0) is 0 Å². The molecule has 2 aliphatic rings. The van der Waals surface area contributed by atoms with Crippen molar-refractivity contribution in [2.24, 2.45) is 5.92 Å². The maximum atomic E-state index is 9.58. The molecule has 0 saturated heterocycles. The van der Waals surface area contributed by atoms with Gasteiger partial charge in [0.15, 0.2) is 0 Å². The van der Waals surface area contributed by atoms with Gasteiger partial charge in [-0.1, -0.05) is 20.8 Å². The molecule has 0 radical (unpaired) electrons. The molecular formula is C17H31N3. The first-order valence-corrected chi connectivity index (χ1v) is 8.52. The SMILES string of the molecule is CCCNC1(C#N)CCC(N(CCC(C)C)C2CC2)C1. The van der Waals surface area contributed by atoms with Crippen molar-refractivity contribution in [1.29, 1.82) is 5.26 Å².